The fourth-order valence-corrected chi connectivity index (χ4v) is 2.00. The van der Waals surface area contributed by atoms with Crippen molar-refractivity contribution in [2.45, 2.75) is 6.92 Å². The molecule has 0 bridgehead atoms. The van der Waals surface area contributed by atoms with Crippen molar-refractivity contribution in [2.75, 3.05) is 6.61 Å². The first kappa shape index (κ1) is 15.3. The topological polar surface area (TPSA) is 50.7 Å². The molecule has 0 aliphatic heterocycles. The molecule has 0 heterocycles. The first-order chi connectivity index (χ1) is 10.1. The maximum absolute atomic E-state index is 11.6. The second kappa shape index (κ2) is 7.59. The molecule has 0 aromatic heterocycles. The molecular weight excluding hydrogens is 332 g/mol. The van der Waals surface area contributed by atoms with Crippen LogP contribution in [0.2, 0.25) is 0 Å². The summed E-state index contributed by atoms with van der Waals surface area (Å²) in [6.07, 6.45) is 1.58. The average molecular weight is 347 g/mol. The highest BCUT2D eigenvalue weighted by Crippen LogP contribution is 2.11. The Morgan fingerprint density at radius 1 is 1.29 bits per heavy atom. The number of hydrogen-bond donors (Lipinski definition) is 1. The van der Waals surface area contributed by atoms with Crippen LogP contribution in [-0.4, -0.2) is 18.7 Å². The van der Waals surface area contributed by atoms with E-state index in [4.69, 9.17) is 4.74 Å². The summed E-state index contributed by atoms with van der Waals surface area (Å²) in [5.74, 6) is 0.355. The molecule has 2 rings (SSSR count). The van der Waals surface area contributed by atoms with E-state index in [9.17, 15) is 4.79 Å². The van der Waals surface area contributed by atoms with Crippen molar-refractivity contribution in [3.05, 3.63) is 64.1 Å². The van der Waals surface area contributed by atoms with Gasteiger partial charge in [0.2, 0.25) is 0 Å². The summed E-state index contributed by atoms with van der Waals surface area (Å²) in [4.78, 5) is 11.6. The first-order valence-electron chi connectivity index (χ1n) is 6.40. The Labute approximate surface area is 132 Å². The Bertz CT molecular complexity index is 639. The van der Waals surface area contributed by atoms with Gasteiger partial charge in [-0.05, 0) is 36.8 Å². The van der Waals surface area contributed by atoms with E-state index < -0.39 is 0 Å². The molecule has 4 nitrogen and oxygen atoms in total. The number of nitrogens with one attached hydrogen (secondary N) is 1. The van der Waals surface area contributed by atoms with E-state index in [1.165, 1.54) is 0 Å². The molecule has 0 atom stereocenters. The van der Waals surface area contributed by atoms with Gasteiger partial charge in [-0.1, -0.05) is 45.8 Å². The summed E-state index contributed by atoms with van der Waals surface area (Å²) in [5, 5.41) is 3.88. The largest absolute Gasteiger partial charge is 0.484 e. The van der Waals surface area contributed by atoms with Crippen LogP contribution in [-0.2, 0) is 4.79 Å². The number of amides is 1. The van der Waals surface area contributed by atoms with E-state index in [2.05, 4.69) is 26.5 Å². The Morgan fingerprint density at radius 3 is 2.76 bits per heavy atom. The highest BCUT2D eigenvalue weighted by Gasteiger charge is 2.01. The second-order valence-electron chi connectivity index (χ2n) is 4.45. The van der Waals surface area contributed by atoms with Gasteiger partial charge in [0.1, 0.15) is 5.75 Å². The molecule has 108 valence electrons. The lowest BCUT2D eigenvalue weighted by Crippen LogP contribution is -2.24. The number of carbonyl (C=O) groups excluding carboxylic acids is 1. The first-order valence-corrected chi connectivity index (χ1v) is 7.20. The van der Waals surface area contributed by atoms with E-state index >= 15 is 0 Å². The number of halogens is 1. The van der Waals surface area contributed by atoms with Gasteiger partial charge in [-0.2, -0.15) is 5.10 Å². The number of rotatable bonds is 5. The summed E-state index contributed by atoms with van der Waals surface area (Å²) in [6, 6.07) is 15.1. The minimum Gasteiger partial charge on any atom is -0.484 e. The van der Waals surface area contributed by atoms with Gasteiger partial charge in [0.25, 0.3) is 5.91 Å². The molecule has 21 heavy (non-hydrogen) atoms. The van der Waals surface area contributed by atoms with Crippen molar-refractivity contribution >= 4 is 28.1 Å². The van der Waals surface area contributed by atoms with Crippen LogP contribution in [0.15, 0.2) is 58.1 Å². The van der Waals surface area contributed by atoms with Gasteiger partial charge in [-0.15, -0.1) is 0 Å². The molecule has 0 aliphatic rings. The number of aryl methyl sites for hydroxylation is 1. The van der Waals surface area contributed by atoms with Crippen LogP contribution in [0.1, 0.15) is 11.1 Å². The van der Waals surface area contributed by atoms with Crippen LogP contribution in [0.25, 0.3) is 0 Å². The number of ether oxygens (including phenoxy) is 1. The molecule has 2 aromatic rings. The molecule has 0 saturated heterocycles. The maximum atomic E-state index is 11.6. The van der Waals surface area contributed by atoms with Crippen molar-refractivity contribution in [2.24, 2.45) is 5.10 Å². The smallest absolute Gasteiger partial charge is 0.277 e. The van der Waals surface area contributed by atoms with E-state index in [1.807, 2.05) is 55.5 Å². The average Bonchev–Trinajstić information content (AvgIpc) is 2.47. The number of nitrogens with zero attached hydrogens (tertiary/aromatic N) is 1. The van der Waals surface area contributed by atoms with Gasteiger partial charge >= 0.3 is 0 Å². The number of benzene rings is 2. The van der Waals surface area contributed by atoms with Crippen LogP contribution in [0, 0.1) is 6.92 Å². The third-order valence-corrected chi connectivity index (χ3v) is 3.14. The van der Waals surface area contributed by atoms with Gasteiger partial charge in [0.05, 0.1) is 6.21 Å². The monoisotopic (exact) mass is 346 g/mol. The molecule has 0 fully saturated rings. The Morgan fingerprint density at radius 2 is 2.05 bits per heavy atom. The van der Waals surface area contributed by atoms with Gasteiger partial charge in [0.15, 0.2) is 6.61 Å². The van der Waals surface area contributed by atoms with Crippen molar-refractivity contribution < 1.29 is 9.53 Å². The highest BCUT2D eigenvalue weighted by molar-refractivity contribution is 9.10. The van der Waals surface area contributed by atoms with Gasteiger partial charge in [0, 0.05) is 4.47 Å². The van der Waals surface area contributed by atoms with Crippen LogP contribution in [0.3, 0.4) is 0 Å². The van der Waals surface area contributed by atoms with Crippen LogP contribution in [0.4, 0.5) is 0 Å². The van der Waals surface area contributed by atoms with E-state index in [1.54, 1.807) is 6.21 Å². The highest BCUT2D eigenvalue weighted by atomic mass is 79.9. The molecule has 1 N–H and O–H groups in total. The molecular formula is C16H15BrN2O2. The van der Waals surface area contributed by atoms with Gasteiger partial charge < -0.3 is 4.74 Å². The zero-order valence-electron chi connectivity index (χ0n) is 11.5. The zero-order chi connectivity index (χ0) is 15.1. The quantitative estimate of drug-likeness (QED) is 0.667. The minimum atomic E-state index is -0.304. The van der Waals surface area contributed by atoms with Gasteiger partial charge in [-0.25, -0.2) is 5.43 Å². The third-order valence-electron chi connectivity index (χ3n) is 2.64. The van der Waals surface area contributed by atoms with Gasteiger partial charge in [-0.3, -0.25) is 4.79 Å². The van der Waals surface area contributed by atoms with Crippen molar-refractivity contribution in [1.29, 1.82) is 0 Å². The lowest BCUT2D eigenvalue weighted by atomic mass is 10.2. The summed E-state index contributed by atoms with van der Waals surface area (Å²) in [6.45, 7) is 1.92. The van der Waals surface area contributed by atoms with E-state index in [-0.39, 0.29) is 12.5 Å². The molecule has 0 radical (unpaired) electrons. The van der Waals surface area contributed by atoms with Crippen LogP contribution < -0.4 is 10.2 Å². The minimum absolute atomic E-state index is 0.0706. The Hall–Kier alpha value is -2.14. The maximum Gasteiger partial charge on any atom is 0.277 e. The SMILES string of the molecule is Cc1ccc(OCC(=O)NN=Cc2cccc(Br)c2)cc1. The number of hydrogen-bond acceptors (Lipinski definition) is 3. The molecule has 5 heteroatoms. The Balaban J connectivity index is 1.78. The van der Waals surface area contributed by atoms with E-state index in [0.29, 0.717) is 5.75 Å². The van der Waals surface area contributed by atoms with Crippen molar-refractivity contribution in [3.8, 4) is 5.75 Å². The van der Waals surface area contributed by atoms with Crippen LogP contribution in [0.5, 0.6) is 5.75 Å². The predicted octanol–water partition coefficient (Wildman–Crippen LogP) is 3.29. The number of carbonyl (C=O) groups is 1. The van der Waals surface area contributed by atoms with Crippen molar-refractivity contribution in [3.63, 3.8) is 0 Å². The molecule has 0 spiro atoms. The summed E-state index contributed by atoms with van der Waals surface area (Å²) in [5.41, 5.74) is 4.46. The summed E-state index contributed by atoms with van der Waals surface area (Å²) < 4.78 is 6.31. The lowest BCUT2D eigenvalue weighted by molar-refractivity contribution is -0.123. The molecule has 0 unspecified atom stereocenters. The zero-order valence-corrected chi connectivity index (χ0v) is 13.1. The Kier molecular flexibility index (Phi) is 5.51. The molecule has 1 amide bonds. The standard InChI is InChI=1S/C16H15BrN2O2/c1-12-5-7-15(8-6-12)21-11-16(20)19-18-10-13-3-2-4-14(17)9-13/h2-10H,11H2,1H3,(H,19,20). The predicted molar refractivity (Wildman–Crippen MR) is 86.6 cm³/mol. The molecule has 0 saturated carbocycles. The number of hydrazone groups is 1. The van der Waals surface area contributed by atoms with E-state index in [0.717, 1.165) is 15.6 Å². The molecule has 0 aliphatic carbocycles. The second-order valence-corrected chi connectivity index (χ2v) is 5.37. The fourth-order valence-electron chi connectivity index (χ4n) is 1.58. The summed E-state index contributed by atoms with van der Waals surface area (Å²) in [7, 11) is 0. The van der Waals surface area contributed by atoms with Crippen molar-refractivity contribution in [1.82, 2.24) is 5.43 Å². The fraction of sp³-hybridized carbons (Fsp3) is 0.125. The third kappa shape index (κ3) is 5.39. The summed E-state index contributed by atoms with van der Waals surface area (Å²) >= 11 is 3.37. The molecule has 2 aromatic carbocycles. The normalized spacial score (nSPS) is 10.6. The lowest BCUT2D eigenvalue weighted by Gasteiger charge is -2.05. The van der Waals surface area contributed by atoms with Crippen LogP contribution >= 0.6 is 15.9 Å².